The molecule has 0 amide bonds. The van der Waals surface area contributed by atoms with Gasteiger partial charge in [-0.05, 0) is 30.9 Å². The largest absolute Gasteiger partial charge is 0.476 e. The summed E-state index contributed by atoms with van der Waals surface area (Å²) in [4.78, 5) is 3.56. The first-order valence-corrected chi connectivity index (χ1v) is 4.30. The molecule has 0 aromatic carbocycles. The van der Waals surface area contributed by atoms with Gasteiger partial charge in [0.1, 0.15) is 0 Å². The lowest BCUT2D eigenvalue weighted by Crippen LogP contribution is -2.04. The van der Waals surface area contributed by atoms with E-state index in [9.17, 15) is 4.39 Å². The maximum absolute atomic E-state index is 12.6. The van der Waals surface area contributed by atoms with Crippen LogP contribution in [0.5, 0.6) is 5.88 Å². The van der Waals surface area contributed by atoms with E-state index in [2.05, 4.69) is 4.98 Å². The van der Waals surface area contributed by atoms with Crippen LogP contribution in [0.15, 0.2) is 12.1 Å². The fraction of sp³-hybridized carbons (Fsp3) is 0.444. The van der Waals surface area contributed by atoms with Crippen LogP contribution in [-0.2, 0) is 0 Å². The van der Waals surface area contributed by atoms with E-state index in [1.165, 1.54) is 25.0 Å². The van der Waals surface area contributed by atoms with Gasteiger partial charge in [-0.25, -0.2) is 0 Å². The molecule has 13 heavy (non-hydrogen) atoms. The highest BCUT2D eigenvalue weighted by Gasteiger charge is 2.22. The molecular formula is C9H11FN2O. The van der Waals surface area contributed by atoms with Gasteiger partial charge >= 0.3 is 0 Å². The van der Waals surface area contributed by atoms with Crippen LogP contribution in [0.25, 0.3) is 0 Å². The minimum Gasteiger partial charge on any atom is -0.476 e. The van der Waals surface area contributed by atoms with Crippen LogP contribution in [0.4, 0.5) is 10.1 Å². The summed E-state index contributed by atoms with van der Waals surface area (Å²) in [5.74, 6) is 0.274. The predicted molar refractivity (Wildman–Crippen MR) is 46.8 cm³/mol. The minimum atomic E-state index is -0.556. The van der Waals surface area contributed by atoms with E-state index in [-0.39, 0.29) is 5.88 Å². The molecule has 2 rings (SSSR count). The van der Waals surface area contributed by atoms with Crippen LogP contribution < -0.4 is 10.5 Å². The maximum atomic E-state index is 12.6. The summed E-state index contributed by atoms with van der Waals surface area (Å²) in [7, 11) is 0. The highest BCUT2D eigenvalue weighted by Crippen LogP contribution is 2.30. The molecular weight excluding hydrogens is 171 g/mol. The van der Waals surface area contributed by atoms with Crippen LogP contribution in [0.3, 0.4) is 0 Å². The molecule has 1 aliphatic rings. The molecule has 70 valence electrons. The Labute approximate surface area is 75.7 Å². The number of hydrogen-bond acceptors (Lipinski definition) is 3. The Balaban J connectivity index is 2.03. The van der Waals surface area contributed by atoms with Crippen LogP contribution in [-0.4, -0.2) is 11.6 Å². The van der Waals surface area contributed by atoms with E-state index >= 15 is 0 Å². The molecule has 4 heteroatoms. The van der Waals surface area contributed by atoms with Crippen LogP contribution in [0.1, 0.15) is 12.8 Å². The van der Waals surface area contributed by atoms with Crippen LogP contribution in [0, 0.1) is 11.9 Å². The molecule has 0 saturated heterocycles. The summed E-state index contributed by atoms with van der Waals surface area (Å²) in [5.41, 5.74) is 5.93. The summed E-state index contributed by atoms with van der Waals surface area (Å²) in [6, 6.07) is 2.68. The van der Waals surface area contributed by atoms with Crippen LogP contribution >= 0.6 is 0 Å². The first kappa shape index (κ1) is 8.29. The Morgan fingerprint density at radius 3 is 3.00 bits per heavy atom. The zero-order valence-corrected chi connectivity index (χ0v) is 7.16. The van der Waals surface area contributed by atoms with Gasteiger partial charge in [0.15, 0.2) is 0 Å². The van der Waals surface area contributed by atoms with E-state index in [1.807, 2.05) is 0 Å². The Hall–Kier alpha value is -1.32. The van der Waals surface area contributed by atoms with Crippen LogP contribution in [0.2, 0.25) is 0 Å². The number of halogens is 1. The molecule has 1 heterocycles. The first-order valence-electron chi connectivity index (χ1n) is 4.30. The second-order valence-corrected chi connectivity index (χ2v) is 3.28. The molecule has 1 fully saturated rings. The fourth-order valence-electron chi connectivity index (χ4n) is 1.03. The lowest BCUT2D eigenvalue weighted by molar-refractivity contribution is 0.286. The van der Waals surface area contributed by atoms with E-state index in [1.54, 1.807) is 0 Å². The molecule has 0 aliphatic heterocycles. The Kier molecular flexibility index (Phi) is 2.04. The van der Waals surface area contributed by atoms with Gasteiger partial charge in [-0.3, -0.25) is 0 Å². The number of ether oxygens (including phenoxy) is 1. The lowest BCUT2D eigenvalue weighted by atomic mass is 10.4. The van der Waals surface area contributed by atoms with E-state index in [4.69, 9.17) is 10.5 Å². The summed E-state index contributed by atoms with van der Waals surface area (Å²) < 4.78 is 17.9. The molecule has 1 aromatic rings. The number of rotatable bonds is 3. The number of nitrogens with two attached hydrogens (primary N) is 1. The summed E-state index contributed by atoms with van der Waals surface area (Å²) in [6.07, 6.45) is 2.38. The van der Waals surface area contributed by atoms with Gasteiger partial charge in [0.2, 0.25) is 11.8 Å². The van der Waals surface area contributed by atoms with E-state index in [0.29, 0.717) is 18.2 Å². The summed E-state index contributed by atoms with van der Waals surface area (Å²) >= 11 is 0. The topological polar surface area (TPSA) is 48.1 Å². The average molecular weight is 182 g/mol. The monoisotopic (exact) mass is 182 g/mol. The van der Waals surface area contributed by atoms with Crippen molar-refractivity contribution in [2.45, 2.75) is 12.8 Å². The Morgan fingerprint density at radius 1 is 1.54 bits per heavy atom. The van der Waals surface area contributed by atoms with Crippen molar-refractivity contribution in [3.05, 3.63) is 18.1 Å². The third-order valence-electron chi connectivity index (χ3n) is 2.01. The molecule has 0 atom stereocenters. The Bertz CT molecular complexity index is 312. The molecule has 2 N–H and O–H groups in total. The molecule has 3 nitrogen and oxygen atoms in total. The van der Waals surface area contributed by atoms with Crippen molar-refractivity contribution in [1.29, 1.82) is 0 Å². The average Bonchev–Trinajstić information content (AvgIpc) is 2.90. The van der Waals surface area contributed by atoms with Gasteiger partial charge in [0.05, 0.1) is 12.3 Å². The zero-order valence-electron chi connectivity index (χ0n) is 7.16. The van der Waals surface area contributed by atoms with E-state index in [0.717, 1.165) is 0 Å². The fourth-order valence-corrected chi connectivity index (χ4v) is 1.03. The van der Waals surface area contributed by atoms with E-state index < -0.39 is 5.95 Å². The van der Waals surface area contributed by atoms with Gasteiger partial charge in [-0.15, -0.1) is 0 Å². The number of nitrogens with zero attached hydrogens (tertiary/aromatic N) is 1. The molecule has 0 bridgehead atoms. The van der Waals surface area contributed by atoms with Gasteiger partial charge in [0, 0.05) is 0 Å². The van der Waals surface area contributed by atoms with Crippen molar-refractivity contribution >= 4 is 5.69 Å². The summed E-state index contributed by atoms with van der Waals surface area (Å²) in [6.45, 7) is 0.598. The van der Waals surface area contributed by atoms with Gasteiger partial charge in [0.25, 0.3) is 0 Å². The third kappa shape index (κ3) is 2.08. The smallest absolute Gasteiger partial charge is 0.239 e. The number of pyridine rings is 1. The third-order valence-corrected chi connectivity index (χ3v) is 2.01. The van der Waals surface area contributed by atoms with Crippen molar-refractivity contribution in [3.63, 3.8) is 0 Å². The summed E-state index contributed by atoms with van der Waals surface area (Å²) in [5, 5.41) is 0. The zero-order chi connectivity index (χ0) is 9.26. The molecule has 1 aromatic heterocycles. The van der Waals surface area contributed by atoms with Gasteiger partial charge in [-0.1, -0.05) is 0 Å². The number of aromatic nitrogens is 1. The number of anilines is 1. The standard InChI is InChI=1S/C9H11FN2O/c10-8-4-3-7(11)9(12-8)13-5-6-1-2-6/h3-4,6H,1-2,5,11H2. The molecule has 0 unspecified atom stereocenters. The van der Waals surface area contributed by atoms with Crippen molar-refractivity contribution in [2.24, 2.45) is 5.92 Å². The van der Waals surface area contributed by atoms with Gasteiger partial charge < -0.3 is 10.5 Å². The van der Waals surface area contributed by atoms with Crippen molar-refractivity contribution < 1.29 is 9.13 Å². The SMILES string of the molecule is Nc1ccc(F)nc1OCC1CC1. The Morgan fingerprint density at radius 2 is 2.31 bits per heavy atom. The maximum Gasteiger partial charge on any atom is 0.239 e. The second kappa shape index (κ2) is 3.20. The molecule has 0 spiro atoms. The minimum absolute atomic E-state index is 0.215. The molecule has 0 radical (unpaired) electrons. The van der Waals surface area contributed by atoms with Crippen molar-refractivity contribution in [2.75, 3.05) is 12.3 Å². The van der Waals surface area contributed by atoms with Crippen molar-refractivity contribution in [3.8, 4) is 5.88 Å². The quantitative estimate of drug-likeness (QED) is 0.722. The highest BCUT2D eigenvalue weighted by molar-refractivity contribution is 5.47. The molecule has 1 aliphatic carbocycles. The highest BCUT2D eigenvalue weighted by atomic mass is 19.1. The van der Waals surface area contributed by atoms with Gasteiger partial charge in [-0.2, -0.15) is 9.37 Å². The predicted octanol–water partition coefficient (Wildman–Crippen LogP) is 1.59. The normalized spacial score (nSPS) is 15.8. The second-order valence-electron chi connectivity index (χ2n) is 3.28. The molecule has 1 saturated carbocycles. The first-order chi connectivity index (χ1) is 6.25. The lowest BCUT2D eigenvalue weighted by Gasteiger charge is -2.05. The van der Waals surface area contributed by atoms with Crippen molar-refractivity contribution in [1.82, 2.24) is 4.98 Å². The number of nitrogen functional groups attached to an aromatic ring is 1. The number of hydrogen-bond donors (Lipinski definition) is 1.